The van der Waals surface area contributed by atoms with Crippen LogP contribution in [-0.4, -0.2) is 32.9 Å². The van der Waals surface area contributed by atoms with Crippen molar-refractivity contribution in [3.05, 3.63) is 28.0 Å². The summed E-state index contributed by atoms with van der Waals surface area (Å²) in [7, 11) is 1.73. The maximum atomic E-state index is 13.0. The van der Waals surface area contributed by atoms with Gasteiger partial charge in [-0.15, -0.1) is 5.10 Å². The molecule has 6 nitrogen and oxygen atoms in total. The first-order chi connectivity index (χ1) is 11.6. The Labute approximate surface area is 146 Å². The molecule has 2 aromatic rings. The van der Waals surface area contributed by atoms with Crippen molar-refractivity contribution in [1.82, 2.24) is 20.0 Å². The first kappa shape index (κ1) is 17.4. The van der Waals surface area contributed by atoms with Gasteiger partial charge in [-0.2, -0.15) is 0 Å². The molecule has 0 amide bonds. The van der Waals surface area contributed by atoms with E-state index in [1.54, 1.807) is 17.8 Å². The molecule has 0 radical (unpaired) electrons. The first-order valence-corrected chi connectivity index (χ1v) is 8.42. The molecule has 1 aliphatic rings. The van der Waals surface area contributed by atoms with E-state index in [1.807, 2.05) is 0 Å². The number of ether oxygens (including phenoxy) is 2. The second kappa shape index (κ2) is 7.62. The van der Waals surface area contributed by atoms with Crippen molar-refractivity contribution in [2.24, 2.45) is 7.05 Å². The molecule has 3 rings (SSSR count). The van der Waals surface area contributed by atoms with E-state index >= 15 is 0 Å². The minimum absolute atomic E-state index is 0.227. The summed E-state index contributed by atoms with van der Waals surface area (Å²) < 4.78 is 39.2. The molecular formula is C15H17BrF2N4O2. The van der Waals surface area contributed by atoms with Crippen molar-refractivity contribution in [3.8, 4) is 11.4 Å². The Balaban J connectivity index is 1.82. The standard InChI is InChI=1S/C15H17BrF2N4O2/c1-22-11(8-24-12-4-2-3-7-23-12)14(20-21-22)10-6-5-9(16)13(19-10)15(17)18/h5-6,12,15H,2-4,7-8H2,1H3. The van der Waals surface area contributed by atoms with E-state index in [0.717, 1.165) is 19.3 Å². The van der Waals surface area contributed by atoms with Crippen LogP contribution in [0.3, 0.4) is 0 Å². The molecule has 1 fully saturated rings. The molecule has 3 heterocycles. The highest BCUT2D eigenvalue weighted by atomic mass is 79.9. The molecule has 0 saturated carbocycles. The Hall–Kier alpha value is -1.45. The van der Waals surface area contributed by atoms with E-state index in [0.29, 0.717) is 23.7 Å². The van der Waals surface area contributed by atoms with Gasteiger partial charge in [0, 0.05) is 18.1 Å². The van der Waals surface area contributed by atoms with E-state index in [1.165, 1.54) is 6.07 Å². The summed E-state index contributed by atoms with van der Waals surface area (Å²) in [5, 5.41) is 8.01. The van der Waals surface area contributed by atoms with Crippen LogP contribution >= 0.6 is 15.9 Å². The molecule has 1 aliphatic heterocycles. The third-order valence-electron chi connectivity index (χ3n) is 3.81. The monoisotopic (exact) mass is 402 g/mol. The third-order valence-corrected chi connectivity index (χ3v) is 4.48. The highest BCUT2D eigenvalue weighted by Gasteiger charge is 2.21. The van der Waals surface area contributed by atoms with Gasteiger partial charge in [0.25, 0.3) is 6.43 Å². The van der Waals surface area contributed by atoms with Gasteiger partial charge in [0.1, 0.15) is 11.4 Å². The van der Waals surface area contributed by atoms with Gasteiger partial charge in [0.2, 0.25) is 0 Å². The Morgan fingerprint density at radius 1 is 1.42 bits per heavy atom. The number of aromatic nitrogens is 4. The summed E-state index contributed by atoms with van der Waals surface area (Å²) in [6.07, 6.45) is 0.0135. The lowest BCUT2D eigenvalue weighted by Gasteiger charge is -2.22. The fourth-order valence-corrected chi connectivity index (χ4v) is 2.89. The molecule has 0 aromatic carbocycles. The second-order valence-corrected chi connectivity index (χ2v) is 6.33. The lowest BCUT2D eigenvalue weighted by atomic mass is 10.2. The summed E-state index contributed by atoms with van der Waals surface area (Å²) in [6, 6.07) is 3.16. The number of nitrogens with zero attached hydrogens (tertiary/aromatic N) is 4. The molecule has 0 bridgehead atoms. The molecule has 24 heavy (non-hydrogen) atoms. The number of rotatable bonds is 5. The summed E-state index contributed by atoms with van der Waals surface area (Å²) >= 11 is 3.09. The minimum Gasteiger partial charge on any atom is -0.353 e. The molecular weight excluding hydrogens is 386 g/mol. The number of pyridine rings is 1. The van der Waals surface area contributed by atoms with Gasteiger partial charge >= 0.3 is 0 Å². The normalized spacial score (nSPS) is 18.3. The first-order valence-electron chi connectivity index (χ1n) is 7.63. The minimum atomic E-state index is -2.67. The fraction of sp³-hybridized carbons (Fsp3) is 0.533. The maximum Gasteiger partial charge on any atom is 0.281 e. The van der Waals surface area contributed by atoms with Gasteiger partial charge in [0.15, 0.2) is 6.29 Å². The zero-order valence-corrected chi connectivity index (χ0v) is 14.7. The molecule has 0 spiro atoms. The number of hydrogen-bond donors (Lipinski definition) is 0. The van der Waals surface area contributed by atoms with Crippen LogP contribution in [0.4, 0.5) is 8.78 Å². The Bertz CT molecular complexity index is 705. The van der Waals surface area contributed by atoms with Crippen LogP contribution in [0.5, 0.6) is 0 Å². The van der Waals surface area contributed by atoms with E-state index in [-0.39, 0.29) is 23.1 Å². The van der Waals surface area contributed by atoms with Gasteiger partial charge in [-0.3, -0.25) is 0 Å². The Morgan fingerprint density at radius 2 is 2.25 bits per heavy atom. The van der Waals surface area contributed by atoms with Crippen molar-refractivity contribution in [2.75, 3.05) is 6.61 Å². The fourth-order valence-electron chi connectivity index (χ4n) is 2.49. The summed E-state index contributed by atoms with van der Waals surface area (Å²) in [5.41, 5.74) is 1.12. The van der Waals surface area contributed by atoms with Gasteiger partial charge < -0.3 is 9.47 Å². The van der Waals surface area contributed by atoms with E-state index in [4.69, 9.17) is 9.47 Å². The van der Waals surface area contributed by atoms with Gasteiger partial charge in [-0.1, -0.05) is 5.21 Å². The van der Waals surface area contributed by atoms with Crippen molar-refractivity contribution in [2.45, 2.75) is 38.6 Å². The average Bonchev–Trinajstić information content (AvgIpc) is 2.95. The Morgan fingerprint density at radius 3 is 2.96 bits per heavy atom. The maximum absolute atomic E-state index is 13.0. The molecule has 0 aliphatic carbocycles. The average molecular weight is 403 g/mol. The number of halogens is 3. The molecule has 1 unspecified atom stereocenters. The van der Waals surface area contributed by atoms with Crippen LogP contribution in [0.2, 0.25) is 0 Å². The van der Waals surface area contributed by atoms with Crippen LogP contribution in [0.15, 0.2) is 16.6 Å². The zero-order chi connectivity index (χ0) is 17.1. The van der Waals surface area contributed by atoms with E-state index < -0.39 is 6.43 Å². The van der Waals surface area contributed by atoms with Gasteiger partial charge in [-0.25, -0.2) is 18.4 Å². The summed E-state index contributed by atoms with van der Waals surface area (Å²) in [4.78, 5) is 4.01. The summed E-state index contributed by atoms with van der Waals surface area (Å²) in [5.74, 6) is 0. The SMILES string of the molecule is Cn1nnc(-c2ccc(Br)c(C(F)F)n2)c1COC1CCCCO1. The predicted octanol–water partition coefficient (Wildman–Crippen LogP) is 3.62. The molecule has 0 N–H and O–H groups in total. The third kappa shape index (κ3) is 3.79. The number of alkyl halides is 2. The zero-order valence-electron chi connectivity index (χ0n) is 13.1. The molecule has 2 aromatic heterocycles. The van der Waals surface area contributed by atoms with Gasteiger partial charge in [0.05, 0.1) is 18.0 Å². The molecule has 1 atom stereocenters. The lowest BCUT2D eigenvalue weighted by Crippen LogP contribution is -2.22. The Kier molecular flexibility index (Phi) is 5.52. The van der Waals surface area contributed by atoms with Crippen LogP contribution < -0.4 is 0 Å². The van der Waals surface area contributed by atoms with Crippen molar-refractivity contribution in [1.29, 1.82) is 0 Å². The van der Waals surface area contributed by atoms with Gasteiger partial charge in [-0.05, 0) is 47.3 Å². The largest absolute Gasteiger partial charge is 0.353 e. The number of aryl methyl sites for hydroxylation is 1. The predicted molar refractivity (Wildman–Crippen MR) is 85.3 cm³/mol. The quantitative estimate of drug-likeness (QED) is 0.763. The highest BCUT2D eigenvalue weighted by molar-refractivity contribution is 9.10. The number of hydrogen-bond acceptors (Lipinski definition) is 5. The van der Waals surface area contributed by atoms with E-state index in [9.17, 15) is 8.78 Å². The summed E-state index contributed by atoms with van der Waals surface area (Å²) in [6.45, 7) is 0.915. The van der Waals surface area contributed by atoms with Crippen LogP contribution in [-0.2, 0) is 23.1 Å². The highest BCUT2D eigenvalue weighted by Crippen LogP contribution is 2.29. The van der Waals surface area contributed by atoms with Crippen LogP contribution in [0, 0.1) is 0 Å². The van der Waals surface area contributed by atoms with E-state index in [2.05, 4.69) is 31.2 Å². The second-order valence-electron chi connectivity index (χ2n) is 5.48. The smallest absolute Gasteiger partial charge is 0.281 e. The molecule has 1 saturated heterocycles. The lowest BCUT2D eigenvalue weighted by molar-refractivity contribution is -0.169. The van der Waals surface area contributed by atoms with Crippen LogP contribution in [0.25, 0.3) is 11.4 Å². The molecule has 9 heteroatoms. The van der Waals surface area contributed by atoms with Crippen molar-refractivity contribution < 1.29 is 18.3 Å². The van der Waals surface area contributed by atoms with Crippen LogP contribution in [0.1, 0.15) is 37.1 Å². The molecule has 130 valence electrons. The van der Waals surface area contributed by atoms with Crippen molar-refractivity contribution in [3.63, 3.8) is 0 Å². The van der Waals surface area contributed by atoms with Crippen molar-refractivity contribution >= 4 is 15.9 Å². The topological polar surface area (TPSA) is 62.1 Å².